The molecule has 0 saturated carbocycles. The van der Waals surface area contributed by atoms with Crippen LogP contribution in [0.25, 0.3) is 0 Å². The molecule has 0 aliphatic carbocycles. The van der Waals surface area contributed by atoms with Crippen LogP contribution in [0.2, 0.25) is 0 Å². The van der Waals surface area contributed by atoms with Gasteiger partial charge in [-0.25, -0.2) is 13.1 Å². The molecule has 21 heavy (non-hydrogen) atoms. The molecule has 0 radical (unpaired) electrons. The third-order valence-corrected chi connectivity index (χ3v) is 6.40. The molecule has 1 aromatic rings. The van der Waals surface area contributed by atoms with Crippen LogP contribution in [-0.4, -0.2) is 14.0 Å². The lowest BCUT2D eigenvalue weighted by atomic mass is 9.82. The molecule has 0 unspecified atom stereocenters. The second-order valence-corrected chi connectivity index (χ2v) is 10.6. The van der Waals surface area contributed by atoms with Gasteiger partial charge in [-0.15, -0.1) is 0 Å². The van der Waals surface area contributed by atoms with E-state index < -0.39 is 15.6 Å². The van der Waals surface area contributed by atoms with Gasteiger partial charge in [0.2, 0.25) is 10.0 Å². The Labute approximate surface area is 145 Å². The number of aryl methyl sites for hydroxylation is 1. The molecule has 0 bridgehead atoms. The molecule has 0 fully saturated rings. The van der Waals surface area contributed by atoms with Crippen molar-refractivity contribution in [2.24, 2.45) is 5.41 Å². The number of nitrogens with one attached hydrogen (secondary N) is 1. The monoisotopic (exact) mass is 439 g/mol. The van der Waals surface area contributed by atoms with Gasteiger partial charge in [0.15, 0.2) is 0 Å². The molecule has 1 aromatic carbocycles. The Balaban J connectivity index is 3.16. The molecule has 0 saturated heterocycles. The first-order chi connectivity index (χ1) is 9.23. The molecule has 0 aliphatic rings. The SMILES string of the molecule is Cc1cc(S(=O)(=O)NC(C)(C)CC(C)(C)C)c(Br)cc1Br. The quantitative estimate of drug-likeness (QED) is 0.714. The molecule has 0 heterocycles. The Morgan fingerprint density at radius 1 is 1.05 bits per heavy atom. The Bertz CT molecular complexity index is 632. The first kappa shape index (κ1) is 19.1. The number of sulfonamides is 1. The lowest BCUT2D eigenvalue weighted by Gasteiger charge is -2.33. The van der Waals surface area contributed by atoms with Crippen LogP contribution in [-0.2, 0) is 10.0 Å². The van der Waals surface area contributed by atoms with Gasteiger partial charge >= 0.3 is 0 Å². The number of halogens is 2. The van der Waals surface area contributed by atoms with Crippen LogP contribution < -0.4 is 4.72 Å². The maximum atomic E-state index is 12.7. The van der Waals surface area contributed by atoms with E-state index in [9.17, 15) is 8.42 Å². The Hall–Kier alpha value is 0.0900. The van der Waals surface area contributed by atoms with E-state index in [2.05, 4.69) is 57.4 Å². The summed E-state index contributed by atoms with van der Waals surface area (Å²) in [4.78, 5) is 0.269. The maximum absolute atomic E-state index is 12.7. The van der Waals surface area contributed by atoms with E-state index in [0.29, 0.717) is 4.47 Å². The summed E-state index contributed by atoms with van der Waals surface area (Å²) in [6.07, 6.45) is 0.742. The second kappa shape index (κ2) is 6.30. The number of hydrogen-bond acceptors (Lipinski definition) is 2. The predicted octanol–water partition coefficient (Wildman–Crippen LogP) is 5.01. The van der Waals surface area contributed by atoms with Gasteiger partial charge in [0, 0.05) is 14.5 Å². The lowest BCUT2D eigenvalue weighted by molar-refractivity contribution is 0.269. The highest BCUT2D eigenvalue weighted by Gasteiger charge is 2.31. The third-order valence-electron chi connectivity index (χ3n) is 2.89. The minimum absolute atomic E-state index is 0.0406. The van der Waals surface area contributed by atoms with Crippen LogP contribution in [0.1, 0.15) is 46.6 Å². The van der Waals surface area contributed by atoms with Crippen molar-refractivity contribution < 1.29 is 8.42 Å². The molecule has 120 valence electrons. The zero-order valence-electron chi connectivity index (χ0n) is 13.3. The summed E-state index contributed by atoms with van der Waals surface area (Å²) in [5, 5.41) is 0. The molecule has 1 rings (SSSR count). The molecule has 0 aliphatic heterocycles. The smallest absolute Gasteiger partial charge is 0.207 e. The number of rotatable bonds is 4. The average Bonchev–Trinajstić information content (AvgIpc) is 2.17. The highest BCUT2D eigenvalue weighted by molar-refractivity contribution is 9.11. The van der Waals surface area contributed by atoms with Crippen molar-refractivity contribution in [2.45, 2.75) is 58.4 Å². The van der Waals surface area contributed by atoms with Crippen molar-refractivity contribution in [3.63, 3.8) is 0 Å². The Morgan fingerprint density at radius 2 is 1.57 bits per heavy atom. The van der Waals surface area contributed by atoms with Crippen molar-refractivity contribution in [2.75, 3.05) is 0 Å². The molecule has 0 spiro atoms. The topological polar surface area (TPSA) is 46.2 Å². The molecule has 1 N–H and O–H groups in total. The molecular weight excluding hydrogens is 418 g/mol. The van der Waals surface area contributed by atoms with Crippen molar-refractivity contribution in [1.29, 1.82) is 0 Å². The van der Waals surface area contributed by atoms with Gasteiger partial charge in [0.1, 0.15) is 0 Å². The standard InChI is InChI=1S/C15H23Br2NO2S/c1-10-7-13(12(17)8-11(10)16)21(19,20)18-15(5,6)9-14(2,3)4/h7-8,18H,9H2,1-6H3. The molecular formula is C15H23Br2NO2S. The lowest BCUT2D eigenvalue weighted by Crippen LogP contribution is -2.45. The fourth-order valence-corrected chi connectivity index (χ4v) is 5.81. The molecule has 3 nitrogen and oxygen atoms in total. The molecule has 0 atom stereocenters. The van der Waals surface area contributed by atoms with Gasteiger partial charge in [0.05, 0.1) is 4.90 Å². The van der Waals surface area contributed by atoms with E-state index >= 15 is 0 Å². The van der Waals surface area contributed by atoms with Crippen LogP contribution >= 0.6 is 31.9 Å². The van der Waals surface area contributed by atoms with Crippen LogP contribution in [0, 0.1) is 12.3 Å². The number of benzene rings is 1. The highest BCUT2D eigenvalue weighted by Crippen LogP contribution is 2.32. The summed E-state index contributed by atoms with van der Waals surface area (Å²) in [6.45, 7) is 12.0. The Kier molecular flexibility index (Phi) is 5.74. The van der Waals surface area contributed by atoms with Gasteiger partial charge in [-0.05, 0) is 66.2 Å². The summed E-state index contributed by atoms with van der Waals surface area (Å²) in [7, 11) is -3.58. The minimum Gasteiger partial charge on any atom is -0.207 e. The van der Waals surface area contributed by atoms with Gasteiger partial charge in [0.25, 0.3) is 0 Å². The average molecular weight is 441 g/mol. The minimum atomic E-state index is -3.58. The largest absolute Gasteiger partial charge is 0.242 e. The first-order valence-electron chi connectivity index (χ1n) is 6.73. The van der Waals surface area contributed by atoms with Crippen LogP contribution in [0.15, 0.2) is 26.0 Å². The van der Waals surface area contributed by atoms with E-state index in [1.807, 2.05) is 20.8 Å². The van der Waals surface area contributed by atoms with Crippen LogP contribution in [0.5, 0.6) is 0 Å². The Morgan fingerprint density at radius 3 is 2.05 bits per heavy atom. The fourth-order valence-electron chi connectivity index (χ4n) is 2.62. The van der Waals surface area contributed by atoms with Gasteiger partial charge in [-0.3, -0.25) is 0 Å². The van der Waals surface area contributed by atoms with E-state index in [-0.39, 0.29) is 10.3 Å². The maximum Gasteiger partial charge on any atom is 0.242 e. The fraction of sp³-hybridized carbons (Fsp3) is 0.600. The van der Waals surface area contributed by atoms with Gasteiger partial charge in [-0.2, -0.15) is 0 Å². The summed E-state index contributed by atoms with van der Waals surface area (Å²) < 4.78 is 29.6. The second-order valence-electron chi connectivity index (χ2n) is 7.26. The van der Waals surface area contributed by atoms with E-state index in [0.717, 1.165) is 16.5 Å². The summed E-state index contributed by atoms with van der Waals surface area (Å²) in [6, 6.07) is 3.43. The van der Waals surface area contributed by atoms with E-state index in [1.54, 1.807) is 12.1 Å². The van der Waals surface area contributed by atoms with Crippen LogP contribution in [0.3, 0.4) is 0 Å². The van der Waals surface area contributed by atoms with Crippen molar-refractivity contribution in [1.82, 2.24) is 4.72 Å². The predicted molar refractivity (Wildman–Crippen MR) is 95.1 cm³/mol. The molecule has 0 aromatic heterocycles. The normalized spacial score (nSPS) is 13.5. The summed E-state index contributed by atoms with van der Waals surface area (Å²) in [5.41, 5.74) is 0.406. The summed E-state index contributed by atoms with van der Waals surface area (Å²) in [5.74, 6) is 0. The first-order valence-corrected chi connectivity index (χ1v) is 9.80. The molecule has 0 amide bonds. The van der Waals surface area contributed by atoms with Gasteiger partial charge < -0.3 is 0 Å². The third kappa shape index (κ3) is 5.66. The van der Waals surface area contributed by atoms with Crippen LogP contribution in [0.4, 0.5) is 0 Å². The van der Waals surface area contributed by atoms with Crippen molar-refractivity contribution >= 4 is 41.9 Å². The van der Waals surface area contributed by atoms with E-state index in [4.69, 9.17) is 0 Å². The van der Waals surface area contributed by atoms with E-state index in [1.165, 1.54) is 0 Å². The summed E-state index contributed by atoms with van der Waals surface area (Å²) >= 11 is 6.74. The van der Waals surface area contributed by atoms with Gasteiger partial charge in [-0.1, -0.05) is 36.7 Å². The highest BCUT2D eigenvalue weighted by atomic mass is 79.9. The zero-order valence-corrected chi connectivity index (χ0v) is 17.3. The van der Waals surface area contributed by atoms with Crippen molar-refractivity contribution in [3.05, 3.63) is 26.6 Å². The zero-order chi connectivity index (χ0) is 16.6. The molecule has 6 heteroatoms. The van der Waals surface area contributed by atoms with Crippen molar-refractivity contribution in [3.8, 4) is 0 Å². The number of hydrogen-bond donors (Lipinski definition) is 1.